The first-order valence-corrected chi connectivity index (χ1v) is 5.36. The number of aliphatic imine (C=N–C) groups is 1. The third-order valence-corrected chi connectivity index (χ3v) is 3.17. The van der Waals surface area contributed by atoms with Crippen LogP contribution in [0.1, 0.15) is 11.6 Å². The van der Waals surface area contributed by atoms with Crippen molar-refractivity contribution in [3.63, 3.8) is 0 Å². The molecule has 0 spiro atoms. The first-order chi connectivity index (χ1) is 7.50. The van der Waals surface area contributed by atoms with Crippen molar-refractivity contribution in [2.75, 3.05) is 7.05 Å². The molecule has 2 N–H and O–H groups in total. The second-order valence-electron chi connectivity index (χ2n) is 3.50. The number of hydrogen-bond donors (Lipinski definition) is 1. The van der Waals surface area contributed by atoms with Crippen LogP contribution in [0.5, 0.6) is 0 Å². The first kappa shape index (κ1) is 11.1. The molecule has 6 heteroatoms. The Morgan fingerprint density at radius 3 is 2.81 bits per heavy atom. The highest BCUT2D eigenvalue weighted by Crippen LogP contribution is 2.31. The maximum absolute atomic E-state index is 13.1. The third-order valence-electron chi connectivity index (χ3n) is 2.45. The number of nitrogens with zero attached hydrogens (tertiary/aromatic N) is 2. The number of amidine groups is 1. The van der Waals surface area contributed by atoms with Crippen molar-refractivity contribution >= 4 is 27.8 Å². The smallest absolute Gasteiger partial charge is 0.345 e. The van der Waals surface area contributed by atoms with Gasteiger partial charge in [0.2, 0.25) is 0 Å². The molecule has 2 rings (SSSR count). The Bertz CT molecular complexity index is 489. The van der Waals surface area contributed by atoms with Crippen molar-refractivity contribution in [3.8, 4) is 0 Å². The number of benzene rings is 1. The lowest BCUT2D eigenvalue weighted by molar-refractivity contribution is 0.218. The molecule has 16 heavy (non-hydrogen) atoms. The predicted octanol–water partition coefficient (Wildman–Crippen LogP) is 2.05. The van der Waals surface area contributed by atoms with Gasteiger partial charge in [0.25, 0.3) is 0 Å². The molecule has 4 nitrogen and oxygen atoms in total. The molecule has 0 bridgehead atoms. The fraction of sp³-hybridized carbons (Fsp3) is 0.200. The van der Waals surface area contributed by atoms with E-state index >= 15 is 0 Å². The van der Waals surface area contributed by atoms with Crippen LogP contribution in [0.4, 0.5) is 9.18 Å². The van der Waals surface area contributed by atoms with Gasteiger partial charge in [0, 0.05) is 11.5 Å². The molecule has 1 aromatic rings. The zero-order valence-corrected chi connectivity index (χ0v) is 10.0. The molecular weight excluding hydrogens is 277 g/mol. The highest BCUT2D eigenvalue weighted by molar-refractivity contribution is 9.10. The maximum atomic E-state index is 13.1. The summed E-state index contributed by atoms with van der Waals surface area (Å²) in [5.74, 6) is -0.197. The Hall–Kier alpha value is -1.43. The molecule has 0 saturated heterocycles. The molecule has 0 aliphatic carbocycles. The van der Waals surface area contributed by atoms with Crippen LogP contribution in [0.3, 0.4) is 0 Å². The second kappa shape index (κ2) is 3.86. The highest BCUT2D eigenvalue weighted by atomic mass is 79.9. The number of likely N-dealkylation sites (N-methyl/N-ethyl adjacent to an activating group) is 1. The summed E-state index contributed by atoms with van der Waals surface area (Å²) in [4.78, 5) is 16.3. The monoisotopic (exact) mass is 285 g/mol. The number of urea groups is 1. The molecular formula is C10H9BrFN3O. The average molecular weight is 286 g/mol. The summed E-state index contributed by atoms with van der Waals surface area (Å²) < 4.78 is 13.8. The van der Waals surface area contributed by atoms with E-state index in [4.69, 9.17) is 5.73 Å². The summed E-state index contributed by atoms with van der Waals surface area (Å²) in [6.07, 6.45) is 0. The number of hydrogen-bond acceptors (Lipinski definition) is 2. The van der Waals surface area contributed by atoms with E-state index in [2.05, 4.69) is 20.9 Å². The zero-order chi connectivity index (χ0) is 11.9. The lowest BCUT2D eigenvalue weighted by atomic mass is 10.1. The Balaban J connectivity index is 2.49. The number of carbonyl (C=O) groups excluding carboxylic acids is 1. The average Bonchev–Trinajstić information content (AvgIpc) is 2.46. The van der Waals surface area contributed by atoms with Crippen LogP contribution in [0.15, 0.2) is 27.7 Å². The lowest BCUT2D eigenvalue weighted by Gasteiger charge is -2.20. The van der Waals surface area contributed by atoms with Gasteiger partial charge in [-0.05, 0) is 23.8 Å². The van der Waals surface area contributed by atoms with Crippen molar-refractivity contribution in [3.05, 3.63) is 34.1 Å². The molecule has 84 valence electrons. The minimum absolute atomic E-state index is 0.179. The van der Waals surface area contributed by atoms with Crippen LogP contribution in [0.2, 0.25) is 0 Å². The van der Waals surface area contributed by atoms with Gasteiger partial charge in [0.05, 0.1) is 0 Å². The van der Waals surface area contributed by atoms with Crippen LogP contribution in [-0.2, 0) is 0 Å². The number of halogens is 2. The zero-order valence-electron chi connectivity index (χ0n) is 8.45. The Labute approximate surface area is 100 Å². The molecule has 1 atom stereocenters. The Morgan fingerprint density at radius 1 is 1.56 bits per heavy atom. The lowest BCUT2D eigenvalue weighted by Crippen LogP contribution is -2.30. The first-order valence-electron chi connectivity index (χ1n) is 4.56. The van der Waals surface area contributed by atoms with Crippen LogP contribution in [0, 0.1) is 5.82 Å². The molecule has 0 aromatic heterocycles. The summed E-state index contributed by atoms with van der Waals surface area (Å²) in [7, 11) is 1.58. The SMILES string of the molecule is CN1C(=O)N=C(N)C1c1cc(F)ccc1Br. The fourth-order valence-corrected chi connectivity index (χ4v) is 2.11. The molecule has 1 aliphatic heterocycles. The van der Waals surface area contributed by atoms with Gasteiger partial charge in [-0.25, -0.2) is 9.18 Å². The summed E-state index contributed by atoms with van der Waals surface area (Å²) >= 11 is 3.30. The van der Waals surface area contributed by atoms with Crippen molar-refractivity contribution in [2.45, 2.75) is 6.04 Å². The summed E-state index contributed by atoms with van der Waals surface area (Å²) in [6, 6.07) is 3.33. The summed E-state index contributed by atoms with van der Waals surface area (Å²) in [5, 5.41) is 0. The third kappa shape index (κ3) is 1.69. The maximum Gasteiger partial charge on any atom is 0.345 e. The van der Waals surface area contributed by atoms with E-state index in [0.29, 0.717) is 10.0 Å². The Kier molecular flexibility index (Phi) is 2.67. The van der Waals surface area contributed by atoms with E-state index in [0.717, 1.165) is 0 Å². The van der Waals surface area contributed by atoms with E-state index < -0.39 is 12.1 Å². The Morgan fingerprint density at radius 2 is 2.25 bits per heavy atom. The molecule has 0 saturated carbocycles. The van der Waals surface area contributed by atoms with Gasteiger partial charge < -0.3 is 10.6 Å². The van der Waals surface area contributed by atoms with Crippen molar-refractivity contribution < 1.29 is 9.18 Å². The van der Waals surface area contributed by atoms with Gasteiger partial charge in [0.1, 0.15) is 17.7 Å². The minimum atomic E-state index is -0.502. The summed E-state index contributed by atoms with van der Waals surface area (Å²) in [6.45, 7) is 0. The van der Waals surface area contributed by atoms with Crippen molar-refractivity contribution in [2.24, 2.45) is 10.7 Å². The molecule has 2 amide bonds. The van der Waals surface area contributed by atoms with E-state index in [9.17, 15) is 9.18 Å². The minimum Gasteiger partial charge on any atom is -0.385 e. The topological polar surface area (TPSA) is 58.7 Å². The van der Waals surface area contributed by atoms with Gasteiger partial charge >= 0.3 is 6.03 Å². The second-order valence-corrected chi connectivity index (χ2v) is 4.35. The fourth-order valence-electron chi connectivity index (χ4n) is 1.65. The quantitative estimate of drug-likeness (QED) is 0.859. The summed E-state index contributed by atoms with van der Waals surface area (Å²) in [5.41, 5.74) is 6.25. The standard InChI is InChI=1S/C10H9BrFN3O/c1-15-8(9(13)14-10(15)16)6-4-5(12)2-3-7(6)11/h2-4,8H,1H3,(H2,13,14,16). The van der Waals surface area contributed by atoms with E-state index in [-0.39, 0.29) is 11.7 Å². The number of carbonyl (C=O) groups is 1. The largest absolute Gasteiger partial charge is 0.385 e. The highest BCUT2D eigenvalue weighted by Gasteiger charge is 2.32. The van der Waals surface area contributed by atoms with Crippen molar-refractivity contribution in [1.82, 2.24) is 4.90 Å². The molecule has 0 radical (unpaired) electrons. The van der Waals surface area contributed by atoms with E-state index in [1.807, 2.05) is 0 Å². The van der Waals surface area contributed by atoms with Gasteiger partial charge in [0.15, 0.2) is 0 Å². The number of amides is 2. The van der Waals surface area contributed by atoms with Crippen molar-refractivity contribution in [1.29, 1.82) is 0 Å². The van der Waals surface area contributed by atoms with Gasteiger partial charge in [-0.3, -0.25) is 0 Å². The van der Waals surface area contributed by atoms with Gasteiger partial charge in [-0.15, -0.1) is 0 Å². The van der Waals surface area contributed by atoms with Crippen LogP contribution in [0.25, 0.3) is 0 Å². The molecule has 1 unspecified atom stereocenters. The number of nitrogens with two attached hydrogens (primary N) is 1. The molecule has 0 fully saturated rings. The van der Waals surface area contributed by atoms with Gasteiger partial charge in [-0.2, -0.15) is 4.99 Å². The van der Waals surface area contributed by atoms with Crippen LogP contribution < -0.4 is 5.73 Å². The normalized spacial score (nSPS) is 20.2. The molecule has 1 heterocycles. The van der Waals surface area contributed by atoms with Gasteiger partial charge in [-0.1, -0.05) is 15.9 Å². The molecule has 1 aliphatic rings. The van der Waals surface area contributed by atoms with Crippen LogP contribution in [-0.4, -0.2) is 23.8 Å². The van der Waals surface area contributed by atoms with Crippen LogP contribution >= 0.6 is 15.9 Å². The molecule has 1 aromatic carbocycles. The van der Waals surface area contributed by atoms with E-state index in [1.165, 1.54) is 17.0 Å². The van der Waals surface area contributed by atoms with E-state index in [1.54, 1.807) is 13.1 Å². The number of rotatable bonds is 1. The predicted molar refractivity (Wildman–Crippen MR) is 61.6 cm³/mol.